The van der Waals surface area contributed by atoms with E-state index < -0.39 is 0 Å². The molecule has 1 nitrogen and oxygen atoms in total. The molecule has 1 aliphatic rings. The van der Waals surface area contributed by atoms with Crippen LogP contribution in [-0.2, 0) is 6.42 Å². The topological polar surface area (TPSA) is 12.0 Å². The normalized spacial score (nSPS) is 20.2. The average molecular weight is 231 g/mol. The first-order valence-corrected chi connectivity index (χ1v) is 7.12. The SMILES string of the molecule is CCCCCC(NC)C1CCc2ccccc21. The standard InChI is InChI=1S/C16H25N/c1-3-4-5-10-16(17-2)15-12-11-13-8-6-7-9-14(13)15/h6-9,15-17H,3-5,10-12H2,1-2H3. The van der Waals surface area contributed by atoms with Gasteiger partial charge in [-0.25, -0.2) is 0 Å². The highest BCUT2D eigenvalue weighted by Gasteiger charge is 2.27. The molecular weight excluding hydrogens is 206 g/mol. The maximum absolute atomic E-state index is 3.54. The molecule has 0 radical (unpaired) electrons. The molecule has 1 aromatic rings. The van der Waals surface area contributed by atoms with Crippen molar-refractivity contribution < 1.29 is 0 Å². The maximum Gasteiger partial charge on any atom is 0.0133 e. The van der Waals surface area contributed by atoms with Crippen molar-refractivity contribution in [1.82, 2.24) is 5.32 Å². The lowest BCUT2D eigenvalue weighted by Gasteiger charge is -2.24. The molecule has 0 saturated heterocycles. The highest BCUT2D eigenvalue weighted by atomic mass is 14.9. The molecule has 2 atom stereocenters. The highest BCUT2D eigenvalue weighted by molar-refractivity contribution is 5.35. The van der Waals surface area contributed by atoms with E-state index in [1.54, 1.807) is 11.1 Å². The Hall–Kier alpha value is -0.820. The average Bonchev–Trinajstić information content (AvgIpc) is 2.79. The van der Waals surface area contributed by atoms with E-state index >= 15 is 0 Å². The van der Waals surface area contributed by atoms with E-state index in [1.165, 1.54) is 38.5 Å². The highest BCUT2D eigenvalue weighted by Crippen LogP contribution is 2.36. The summed E-state index contributed by atoms with van der Waals surface area (Å²) in [5, 5.41) is 3.54. The van der Waals surface area contributed by atoms with Gasteiger partial charge in [0.1, 0.15) is 0 Å². The number of fused-ring (bicyclic) bond motifs is 1. The van der Waals surface area contributed by atoms with E-state index in [1.807, 2.05) is 0 Å². The fraction of sp³-hybridized carbons (Fsp3) is 0.625. The Morgan fingerprint density at radius 2 is 2.12 bits per heavy atom. The lowest BCUT2D eigenvalue weighted by atomic mass is 9.90. The van der Waals surface area contributed by atoms with E-state index in [9.17, 15) is 0 Å². The summed E-state index contributed by atoms with van der Waals surface area (Å²) in [6.07, 6.45) is 7.97. The molecule has 1 aromatic carbocycles. The molecule has 2 rings (SSSR count). The minimum Gasteiger partial charge on any atom is -0.316 e. The number of unbranched alkanes of at least 4 members (excludes halogenated alkanes) is 2. The zero-order chi connectivity index (χ0) is 12.1. The van der Waals surface area contributed by atoms with Crippen LogP contribution in [0.2, 0.25) is 0 Å². The molecule has 0 saturated carbocycles. The smallest absolute Gasteiger partial charge is 0.0133 e. The largest absolute Gasteiger partial charge is 0.316 e. The first kappa shape index (κ1) is 12.6. The van der Waals surface area contributed by atoms with Crippen LogP contribution in [0.15, 0.2) is 24.3 Å². The fourth-order valence-corrected chi connectivity index (χ4v) is 3.17. The van der Waals surface area contributed by atoms with Gasteiger partial charge in [0.2, 0.25) is 0 Å². The van der Waals surface area contributed by atoms with Gasteiger partial charge < -0.3 is 5.32 Å². The number of nitrogens with one attached hydrogen (secondary N) is 1. The third-order valence-electron chi connectivity index (χ3n) is 4.15. The van der Waals surface area contributed by atoms with E-state index in [0.29, 0.717) is 6.04 Å². The molecule has 0 heterocycles. The van der Waals surface area contributed by atoms with Crippen LogP contribution in [-0.4, -0.2) is 13.1 Å². The zero-order valence-corrected chi connectivity index (χ0v) is 11.2. The quantitative estimate of drug-likeness (QED) is 0.733. The molecule has 2 unspecified atom stereocenters. The van der Waals surface area contributed by atoms with Gasteiger partial charge in [-0.15, -0.1) is 0 Å². The predicted octanol–water partition coefficient (Wildman–Crippen LogP) is 3.88. The number of hydrogen-bond acceptors (Lipinski definition) is 1. The van der Waals surface area contributed by atoms with Crippen LogP contribution in [0.4, 0.5) is 0 Å². The number of likely N-dealkylation sites (N-methyl/N-ethyl adjacent to an activating group) is 1. The monoisotopic (exact) mass is 231 g/mol. The van der Waals surface area contributed by atoms with Crippen molar-refractivity contribution in [2.75, 3.05) is 7.05 Å². The molecule has 1 N–H and O–H groups in total. The van der Waals surface area contributed by atoms with Gasteiger partial charge in [-0.1, -0.05) is 50.5 Å². The van der Waals surface area contributed by atoms with Gasteiger partial charge >= 0.3 is 0 Å². The number of hydrogen-bond donors (Lipinski definition) is 1. The number of benzene rings is 1. The number of aryl methyl sites for hydroxylation is 1. The summed E-state index contributed by atoms with van der Waals surface area (Å²) in [5.74, 6) is 0.744. The third-order valence-corrected chi connectivity index (χ3v) is 4.15. The van der Waals surface area contributed by atoms with Crippen molar-refractivity contribution in [2.24, 2.45) is 0 Å². The molecule has 94 valence electrons. The Morgan fingerprint density at radius 1 is 1.29 bits per heavy atom. The lowest BCUT2D eigenvalue weighted by molar-refractivity contribution is 0.416. The zero-order valence-electron chi connectivity index (χ0n) is 11.2. The summed E-state index contributed by atoms with van der Waals surface area (Å²) in [7, 11) is 2.12. The van der Waals surface area contributed by atoms with Gasteiger partial charge in [0.25, 0.3) is 0 Å². The Kier molecular flexibility index (Phi) is 4.61. The van der Waals surface area contributed by atoms with Crippen LogP contribution in [0.3, 0.4) is 0 Å². The molecular formula is C16H25N. The summed E-state index contributed by atoms with van der Waals surface area (Å²) in [6, 6.07) is 9.67. The Bertz CT molecular complexity index is 345. The minimum atomic E-state index is 0.671. The van der Waals surface area contributed by atoms with Crippen LogP contribution < -0.4 is 5.32 Å². The van der Waals surface area contributed by atoms with E-state index in [-0.39, 0.29) is 0 Å². The van der Waals surface area contributed by atoms with Crippen molar-refractivity contribution in [3.05, 3.63) is 35.4 Å². The second kappa shape index (κ2) is 6.20. The predicted molar refractivity (Wildman–Crippen MR) is 74.5 cm³/mol. The van der Waals surface area contributed by atoms with Gasteiger partial charge in [-0.2, -0.15) is 0 Å². The maximum atomic E-state index is 3.54. The van der Waals surface area contributed by atoms with Crippen molar-refractivity contribution in [3.8, 4) is 0 Å². The van der Waals surface area contributed by atoms with Gasteiger partial charge in [0, 0.05) is 6.04 Å². The molecule has 17 heavy (non-hydrogen) atoms. The van der Waals surface area contributed by atoms with Crippen LogP contribution in [0.5, 0.6) is 0 Å². The molecule has 1 aliphatic carbocycles. The molecule has 0 fully saturated rings. The summed E-state index contributed by atoms with van der Waals surface area (Å²) in [5.41, 5.74) is 3.18. The second-order valence-corrected chi connectivity index (χ2v) is 5.23. The molecule has 0 aliphatic heterocycles. The third kappa shape index (κ3) is 2.90. The van der Waals surface area contributed by atoms with Crippen LogP contribution in [0.25, 0.3) is 0 Å². The van der Waals surface area contributed by atoms with E-state index in [4.69, 9.17) is 0 Å². The first-order chi connectivity index (χ1) is 8.36. The molecule has 0 bridgehead atoms. The minimum absolute atomic E-state index is 0.671. The Balaban J connectivity index is 2.01. The molecule has 0 spiro atoms. The van der Waals surface area contributed by atoms with Crippen LogP contribution in [0, 0.1) is 0 Å². The molecule has 0 aromatic heterocycles. The summed E-state index contributed by atoms with van der Waals surface area (Å²) in [4.78, 5) is 0. The van der Waals surface area contributed by atoms with Gasteiger partial charge in [-0.05, 0) is 43.4 Å². The fourth-order valence-electron chi connectivity index (χ4n) is 3.17. The lowest BCUT2D eigenvalue weighted by Crippen LogP contribution is -2.31. The Morgan fingerprint density at radius 3 is 2.88 bits per heavy atom. The Labute approximate surface area is 106 Å². The molecule has 0 amide bonds. The summed E-state index contributed by atoms with van der Waals surface area (Å²) >= 11 is 0. The molecule has 1 heteroatoms. The van der Waals surface area contributed by atoms with Crippen molar-refractivity contribution >= 4 is 0 Å². The van der Waals surface area contributed by atoms with Gasteiger partial charge in [-0.3, -0.25) is 0 Å². The van der Waals surface area contributed by atoms with Gasteiger partial charge in [0.15, 0.2) is 0 Å². The second-order valence-electron chi connectivity index (χ2n) is 5.23. The van der Waals surface area contributed by atoms with Crippen molar-refractivity contribution in [3.63, 3.8) is 0 Å². The van der Waals surface area contributed by atoms with E-state index in [2.05, 4.69) is 43.6 Å². The summed E-state index contributed by atoms with van der Waals surface area (Å²) in [6.45, 7) is 2.28. The van der Waals surface area contributed by atoms with E-state index in [0.717, 1.165) is 5.92 Å². The van der Waals surface area contributed by atoms with Crippen LogP contribution >= 0.6 is 0 Å². The van der Waals surface area contributed by atoms with Crippen molar-refractivity contribution in [2.45, 2.75) is 57.4 Å². The van der Waals surface area contributed by atoms with Crippen molar-refractivity contribution in [1.29, 1.82) is 0 Å². The number of rotatable bonds is 6. The van der Waals surface area contributed by atoms with Crippen LogP contribution in [0.1, 0.15) is 56.1 Å². The summed E-state index contributed by atoms with van der Waals surface area (Å²) < 4.78 is 0. The van der Waals surface area contributed by atoms with Gasteiger partial charge in [0.05, 0.1) is 0 Å². The first-order valence-electron chi connectivity index (χ1n) is 7.12.